The van der Waals surface area contributed by atoms with E-state index in [9.17, 15) is 9.59 Å². The van der Waals surface area contributed by atoms with Crippen LogP contribution in [0.15, 0.2) is 56.5 Å². The van der Waals surface area contributed by atoms with Crippen LogP contribution in [0.2, 0.25) is 0 Å². The molecule has 1 aliphatic carbocycles. The Hall–Kier alpha value is -3.59. The number of aryl methyl sites for hydroxylation is 1. The maximum Gasteiger partial charge on any atom is 0.287 e. The summed E-state index contributed by atoms with van der Waals surface area (Å²) in [7, 11) is 3.18. The number of methoxy groups -OCH3 is 2. The minimum Gasteiger partial charge on any atom is -0.493 e. The maximum absolute atomic E-state index is 12.9. The summed E-state index contributed by atoms with van der Waals surface area (Å²) in [6.45, 7) is 2.28. The Bertz CT molecular complexity index is 1300. The summed E-state index contributed by atoms with van der Waals surface area (Å²) in [5, 5.41) is 7.32. The van der Waals surface area contributed by atoms with Gasteiger partial charge in [-0.05, 0) is 68.1 Å². The number of nitrogens with one attached hydrogen (secondary N) is 2. The highest BCUT2D eigenvalue weighted by atomic mass is 79.9. The van der Waals surface area contributed by atoms with Gasteiger partial charge in [0.25, 0.3) is 11.8 Å². The number of benzene rings is 2. The monoisotopic (exact) mass is 553 g/mol. The molecule has 0 unspecified atom stereocenters. The van der Waals surface area contributed by atoms with Crippen molar-refractivity contribution in [3.05, 3.63) is 80.7 Å². The van der Waals surface area contributed by atoms with Gasteiger partial charge >= 0.3 is 0 Å². The quantitative estimate of drug-likeness (QED) is 0.389. The van der Waals surface area contributed by atoms with Gasteiger partial charge in [0, 0.05) is 34.1 Å². The molecular weight excluding hydrogens is 526 g/mol. The van der Waals surface area contributed by atoms with Crippen molar-refractivity contribution >= 4 is 33.5 Å². The Morgan fingerprint density at radius 1 is 1.03 bits per heavy atom. The zero-order chi connectivity index (χ0) is 25.7. The maximum atomic E-state index is 12.9. The van der Waals surface area contributed by atoms with Gasteiger partial charge in [-0.25, -0.2) is 5.43 Å². The molecule has 0 atom stereocenters. The molecule has 1 aromatic heterocycles. The number of fused-ring (bicyclic) bond motifs is 1. The highest BCUT2D eigenvalue weighted by molar-refractivity contribution is 9.10. The van der Waals surface area contributed by atoms with E-state index in [1.165, 1.54) is 0 Å². The topological polar surface area (TPSA) is 102 Å². The van der Waals surface area contributed by atoms with E-state index >= 15 is 0 Å². The van der Waals surface area contributed by atoms with Gasteiger partial charge in [-0.2, -0.15) is 5.10 Å². The predicted molar refractivity (Wildman–Crippen MR) is 140 cm³/mol. The van der Waals surface area contributed by atoms with E-state index in [4.69, 9.17) is 13.9 Å². The number of carbonyl (C=O) groups is 2. The second kappa shape index (κ2) is 11.4. The Balaban J connectivity index is 1.43. The molecule has 36 heavy (non-hydrogen) atoms. The van der Waals surface area contributed by atoms with Crippen molar-refractivity contribution in [2.24, 2.45) is 5.10 Å². The Kier molecular flexibility index (Phi) is 8.10. The van der Waals surface area contributed by atoms with Crippen molar-refractivity contribution in [3.63, 3.8) is 0 Å². The number of carbonyl (C=O) groups excluding carboxylic acids is 2. The van der Waals surface area contributed by atoms with Gasteiger partial charge in [0.1, 0.15) is 5.76 Å². The molecule has 0 bridgehead atoms. The number of furan rings is 1. The normalized spacial score (nSPS) is 13.7. The molecule has 0 spiro atoms. The van der Waals surface area contributed by atoms with Crippen LogP contribution in [0.3, 0.4) is 0 Å². The summed E-state index contributed by atoms with van der Waals surface area (Å²) in [4.78, 5) is 25.4. The van der Waals surface area contributed by atoms with E-state index < -0.39 is 0 Å². The van der Waals surface area contributed by atoms with Crippen molar-refractivity contribution in [3.8, 4) is 11.5 Å². The number of rotatable bonds is 8. The number of nitrogens with zero attached hydrogens (tertiary/aromatic N) is 1. The SMILES string of the molecule is COc1ccc(CCNC(=O)c2oc3c(c2C)/C(=N/NC(=O)c2ccc(Br)cc2)CCC3)cc1OC. The Labute approximate surface area is 218 Å². The van der Waals surface area contributed by atoms with Crippen LogP contribution in [-0.2, 0) is 12.8 Å². The van der Waals surface area contributed by atoms with Crippen molar-refractivity contribution in [1.82, 2.24) is 10.7 Å². The summed E-state index contributed by atoms with van der Waals surface area (Å²) < 4.78 is 17.5. The Morgan fingerprint density at radius 2 is 1.78 bits per heavy atom. The summed E-state index contributed by atoms with van der Waals surface area (Å²) >= 11 is 3.36. The fourth-order valence-electron chi connectivity index (χ4n) is 4.22. The third kappa shape index (κ3) is 5.62. The van der Waals surface area contributed by atoms with Crippen LogP contribution in [0.4, 0.5) is 0 Å². The van der Waals surface area contributed by atoms with Crippen LogP contribution in [0, 0.1) is 6.92 Å². The molecule has 4 rings (SSSR count). The van der Waals surface area contributed by atoms with Gasteiger partial charge in [-0.1, -0.05) is 22.0 Å². The summed E-state index contributed by atoms with van der Waals surface area (Å²) in [6, 6.07) is 12.7. The Morgan fingerprint density at radius 3 is 2.50 bits per heavy atom. The molecule has 2 aromatic carbocycles. The van der Waals surface area contributed by atoms with Crippen molar-refractivity contribution < 1.29 is 23.5 Å². The molecule has 0 aliphatic heterocycles. The highest BCUT2D eigenvalue weighted by Crippen LogP contribution is 2.30. The lowest BCUT2D eigenvalue weighted by atomic mass is 9.93. The fourth-order valence-corrected chi connectivity index (χ4v) is 4.48. The first-order chi connectivity index (χ1) is 17.4. The summed E-state index contributed by atoms with van der Waals surface area (Å²) in [5.41, 5.74) is 6.41. The third-order valence-corrected chi connectivity index (χ3v) is 6.61. The molecule has 1 heterocycles. The van der Waals surface area contributed by atoms with Crippen LogP contribution < -0.4 is 20.2 Å². The van der Waals surface area contributed by atoms with Crippen molar-refractivity contribution in [2.75, 3.05) is 20.8 Å². The number of hydrogen-bond donors (Lipinski definition) is 2. The zero-order valence-corrected chi connectivity index (χ0v) is 22.0. The zero-order valence-electron chi connectivity index (χ0n) is 20.4. The minimum atomic E-state index is -0.295. The fraction of sp³-hybridized carbons (Fsp3) is 0.296. The van der Waals surface area contributed by atoms with Gasteiger partial charge in [-0.3, -0.25) is 9.59 Å². The van der Waals surface area contributed by atoms with Gasteiger partial charge in [0.2, 0.25) is 0 Å². The first-order valence-electron chi connectivity index (χ1n) is 11.7. The van der Waals surface area contributed by atoms with Crippen LogP contribution in [0.25, 0.3) is 0 Å². The van der Waals surface area contributed by atoms with Gasteiger partial charge in [0.05, 0.1) is 19.9 Å². The lowest BCUT2D eigenvalue weighted by Crippen LogP contribution is -2.26. The molecule has 0 saturated heterocycles. The van der Waals surface area contributed by atoms with Crippen LogP contribution in [0.1, 0.15) is 56.2 Å². The summed E-state index contributed by atoms with van der Waals surface area (Å²) in [6.07, 6.45) is 2.86. The average Bonchev–Trinajstić information content (AvgIpc) is 3.24. The molecular formula is C27H28BrN3O5. The first-order valence-corrected chi connectivity index (χ1v) is 12.4. The molecule has 9 heteroatoms. The largest absolute Gasteiger partial charge is 0.493 e. The molecule has 3 aromatic rings. The van der Waals surface area contributed by atoms with E-state index in [0.717, 1.165) is 39.8 Å². The van der Waals surface area contributed by atoms with Crippen LogP contribution in [-0.4, -0.2) is 38.3 Å². The van der Waals surface area contributed by atoms with E-state index in [1.54, 1.807) is 38.5 Å². The van der Waals surface area contributed by atoms with E-state index in [1.807, 2.05) is 25.1 Å². The number of hydrogen-bond acceptors (Lipinski definition) is 6. The third-order valence-electron chi connectivity index (χ3n) is 6.08. The lowest BCUT2D eigenvalue weighted by molar-refractivity contribution is 0.0922. The van der Waals surface area contributed by atoms with E-state index in [2.05, 4.69) is 31.8 Å². The molecule has 0 saturated carbocycles. The van der Waals surface area contributed by atoms with Crippen molar-refractivity contribution in [2.45, 2.75) is 32.6 Å². The highest BCUT2D eigenvalue weighted by Gasteiger charge is 2.28. The van der Waals surface area contributed by atoms with E-state index in [-0.39, 0.29) is 17.6 Å². The average molecular weight is 554 g/mol. The first kappa shape index (κ1) is 25.5. The standard InChI is InChI=1S/C27H28BrN3O5/c1-16-24-20(30-31-26(32)18-8-10-19(28)11-9-18)5-4-6-22(24)36-25(16)27(33)29-14-13-17-7-12-21(34-2)23(15-17)35-3/h7-12,15H,4-6,13-14H2,1-3H3,(H,29,33)(H,31,32)/b30-20+. The second-order valence-electron chi connectivity index (χ2n) is 8.41. The number of hydrazone groups is 1. The molecule has 2 N–H and O–H groups in total. The minimum absolute atomic E-state index is 0.277. The molecule has 8 nitrogen and oxygen atoms in total. The van der Waals surface area contributed by atoms with Crippen LogP contribution >= 0.6 is 15.9 Å². The van der Waals surface area contributed by atoms with Gasteiger partial charge in [0.15, 0.2) is 17.3 Å². The molecule has 188 valence electrons. The van der Waals surface area contributed by atoms with Gasteiger partial charge in [-0.15, -0.1) is 0 Å². The molecule has 0 fully saturated rings. The number of amides is 2. The molecule has 0 radical (unpaired) electrons. The smallest absolute Gasteiger partial charge is 0.287 e. The number of ether oxygens (including phenoxy) is 2. The molecule has 1 aliphatic rings. The van der Waals surface area contributed by atoms with Crippen molar-refractivity contribution in [1.29, 1.82) is 0 Å². The predicted octanol–water partition coefficient (Wildman–Crippen LogP) is 4.81. The van der Waals surface area contributed by atoms with Gasteiger partial charge < -0.3 is 19.2 Å². The second-order valence-corrected chi connectivity index (χ2v) is 9.33. The van der Waals surface area contributed by atoms with E-state index in [0.29, 0.717) is 42.2 Å². The lowest BCUT2D eigenvalue weighted by Gasteiger charge is -2.13. The summed E-state index contributed by atoms with van der Waals surface area (Å²) in [5.74, 6) is 1.74. The van der Waals surface area contributed by atoms with Crippen LogP contribution in [0.5, 0.6) is 11.5 Å². The number of halogens is 1. The molecule has 2 amide bonds.